The zero-order valence-electron chi connectivity index (χ0n) is 19.2. The third-order valence-corrected chi connectivity index (χ3v) is 5.68. The molecule has 0 saturated heterocycles. The fourth-order valence-electron chi connectivity index (χ4n) is 3.92. The standard InChI is InChI=1S/C28H31N3O2/c1-22-13-15-24(16-14-22)33-20-8-7-19-31-26-12-6-5-11-25(26)30-27(31)17-18-29-28(32)21-23-9-3-2-4-10-23/h2-6,9-16H,7-8,17-21H2,1H3,(H,29,32). The van der Waals surface area contributed by atoms with E-state index in [1.165, 1.54) is 5.56 Å². The predicted octanol–water partition coefficient (Wildman–Crippen LogP) is 5.11. The van der Waals surface area contributed by atoms with Crippen LogP contribution in [0.2, 0.25) is 0 Å². The predicted molar refractivity (Wildman–Crippen MR) is 133 cm³/mol. The van der Waals surface area contributed by atoms with Crippen molar-refractivity contribution in [2.45, 2.75) is 39.2 Å². The highest BCUT2D eigenvalue weighted by atomic mass is 16.5. The lowest BCUT2D eigenvalue weighted by Crippen LogP contribution is -2.28. The SMILES string of the molecule is Cc1ccc(OCCCCn2c(CCNC(=O)Cc3ccccc3)nc3ccccc32)cc1. The van der Waals surface area contributed by atoms with Gasteiger partial charge in [0.25, 0.3) is 0 Å². The summed E-state index contributed by atoms with van der Waals surface area (Å²) >= 11 is 0. The van der Waals surface area contributed by atoms with E-state index in [2.05, 4.69) is 35.0 Å². The van der Waals surface area contributed by atoms with Crippen molar-refractivity contribution < 1.29 is 9.53 Å². The molecule has 0 fully saturated rings. The summed E-state index contributed by atoms with van der Waals surface area (Å²) in [6, 6.07) is 26.2. The fraction of sp³-hybridized carbons (Fsp3) is 0.286. The number of fused-ring (bicyclic) bond motifs is 1. The molecule has 0 atom stereocenters. The molecule has 0 aliphatic rings. The number of carbonyl (C=O) groups excluding carboxylic acids is 1. The minimum Gasteiger partial charge on any atom is -0.494 e. The second-order valence-corrected chi connectivity index (χ2v) is 8.30. The van der Waals surface area contributed by atoms with Gasteiger partial charge >= 0.3 is 0 Å². The lowest BCUT2D eigenvalue weighted by molar-refractivity contribution is -0.120. The largest absolute Gasteiger partial charge is 0.494 e. The van der Waals surface area contributed by atoms with E-state index in [0.717, 1.165) is 47.6 Å². The number of nitrogens with zero attached hydrogens (tertiary/aromatic N) is 2. The smallest absolute Gasteiger partial charge is 0.224 e. The maximum absolute atomic E-state index is 12.3. The number of imidazole rings is 1. The molecule has 170 valence electrons. The topological polar surface area (TPSA) is 56.1 Å². The van der Waals surface area contributed by atoms with E-state index in [0.29, 0.717) is 26.0 Å². The van der Waals surface area contributed by atoms with Gasteiger partial charge in [0.1, 0.15) is 11.6 Å². The Balaban J connectivity index is 1.29. The van der Waals surface area contributed by atoms with Crippen LogP contribution < -0.4 is 10.1 Å². The molecule has 1 aromatic heterocycles. The number of aromatic nitrogens is 2. The Bertz CT molecular complexity index is 1170. The van der Waals surface area contributed by atoms with Crippen LogP contribution in [0.3, 0.4) is 0 Å². The zero-order chi connectivity index (χ0) is 22.9. The number of ether oxygens (including phenoxy) is 1. The van der Waals surface area contributed by atoms with Crippen molar-refractivity contribution in [3.8, 4) is 5.75 Å². The Kier molecular flexibility index (Phi) is 7.75. The Morgan fingerprint density at radius 2 is 1.70 bits per heavy atom. The summed E-state index contributed by atoms with van der Waals surface area (Å²) < 4.78 is 8.15. The van der Waals surface area contributed by atoms with Crippen molar-refractivity contribution in [3.63, 3.8) is 0 Å². The first-order valence-corrected chi connectivity index (χ1v) is 11.6. The minimum atomic E-state index is 0.0390. The van der Waals surface area contributed by atoms with Gasteiger partial charge in [-0.1, -0.05) is 60.2 Å². The maximum atomic E-state index is 12.3. The van der Waals surface area contributed by atoms with E-state index in [9.17, 15) is 4.79 Å². The average Bonchev–Trinajstić information content (AvgIpc) is 3.18. The fourth-order valence-corrected chi connectivity index (χ4v) is 3.92. The summed E-state index contributed by atoms with van der Waals surface area (Å²) in [4.78, 5) is 17.1. The monoisotopic (exact) mass is 441 g/mol. The van der Waals surface area contributed by atoms with Crippen LogP contribution in [0, 0.1) is 6.92 Å². The van der Waals surface area contributed by atoms with E-state index in [1.807, 2.05) is 60.7 Å². The number of unbranched alkanes of at least 4 members (excludes halogenated alkanes) is 1. The molecule has 1 N–H and O–H groups in total. The van der Waals surface area contributed by atoms with Gasteiger partial charge in [0.15, 0.2) is 0 Å². The maximum Gasteiger partial charge on any atom is 0.224 e. The summed E-state index contributed by atoms with van der Waals surface area (Å²) in [7, 11) is 0. The molecule has 0 aliphatic carbocycles. The summed E-state index contributed by atoms with van der Waals surface area (Å²) in [6.07, 6.45) is 3.07. The molecule has 0 radical (unpaired) electrons. The number of carbonyl (C=O) groups is 1. The lowest BCUT2D eigenvalue weighted by atomic mass is 10.1. The van der Waals surface area contributed by atoms with Gasteiger partial charge in [0.2, 0.25) is 5.91 Å². The van der Waals surface area contributed by atoms with Crippen LogP contribution in [0.1, 0.15) is 29.8 Å². The molecule has 5 nitrogen and oxygen atoms in total. The lowest BCUT2D eigenvalue weighted by Gasteiger charge is -2.11. The molecule has 0 unspecified atom stereocenters. The van der Waals surface area contributed by atoms with Gasteiger partial charge in [-0.25, -0.2) is 4.98 Å². The van der Waals surface area contributed by atoms with Gasteiger partial charge in [-0.15, -0.1) is 0 Å². The van der Waals surface area contributed by atoms with Crippen LogP contribution >= 0.6 is 0 Å². The van der Waals surface area contributed by atoms with Gasteiger partial charge in [0.05, 0.1) is 24.1 Å². The van der Waals surface area contributed by atoms with Crippen molar-refractivity contribution in [2.24, 2.45) is 0 Å². The molecule has 0 spiro atoms. The minimum absolute atomic E-state index is 0.0390. The first-order chi connectivity index (χ1) is 16.2. The molecule has 5 heteroatoms. The molecule has 1 heterocycles. The molecule has 0 bridgehead atoms. The van der Waals surface area contributed by atoms with Crippen LogP contribution in [0.5, 0.6) is 5.75 Å². The Labute approximate surface area is 195 Å². The summed E-state index contributed by atoms with van der Waals surface area (Å²) in [5.74, 6) is 1.97. The van der Waals surface area contributed by atoms with Gasteiger partial charge in [-0.3, -0.25) is 4.79 Å². The van der Waals surface area contributed by atoms with E-state index in [-0.39, 0.29) is 5.91 Å². The molecular weight excluding hydrogens is 410 g/mol. The third-order valence-electron chi connectivity index (χ3n) is 5.68. The van der Waals surface area contributed by atoms with E-state index in [4.69, 9.17) is 9.72 Å². The van der Waals surface area contributed by atoms with Gasteiger partial charge < -0.3 is 14.6 Å². The average molecular weight is 442 g/mol. The van der Waals surface area contributed by atoms with Crippen LogP contribution in [0.25, 0.3) is 11.0 Å². The molecule has 1 amide bonds. The number of nitrogens with one attached hydrogen (secondary N) is 1. The van der Waals surface area contributed by atoms with Crippen LogP contribution in [-0.2, 0) is 24.2 Å². The zero-order valence-corrected chi connectivity index (χ0v) is 19.2. The molecule has 3 aromatic carbocycles. The van der Waals surface area contributed by atoms with E-state index >= 15 is 0 Å². The molecule has 4 rings (SSSR count). The molecule has 33 heavy (non-hydrogen) atoms. The molecule has 0 aliphatic heterocycles. The Morgan fingerprint density at radius 3 is 2.52 bits per heavy atom. The molecule has 0 saturated carbocycles. The van der Waals surface area contributed by atoms with E-state index in [1.54, 1.807) is 0 Å². The van der Waals surface area contributed by atoms with Crippen LogP contribution in [0.15, 0.2) is 78.9 Å². The number of para-hydroxylation sites is 2. The van der Waals surface area contributed by atoms with Gasteiger partial charge in [-0.2, -0.15) is 0 Å². The van der Waals surface area contributed by atoms with Crippen molar-refractivity contribution in [1.82, 2.24) is 14.9 Å². The van der Waals surface area contributed by atoms with Gasteiger partial charge in [-0.05, 0) is 49.6 Å². The second-order valence-electron chi connectivity index (χ2n) is 8.30. The number of amides is 1. The summed E-state index contributed by atoms with van der Waals surface area (Å²) in [5.41, 5.74) is 4.40. The first kappa shape index (κ1) is 22.6. The van der Waals surface area contributed by atoms with Crippen LogP contribution in [-0.4, -0.2) is 28.6 Å². The quantitative estimate of drug-likeness (QED) is 0.329. The Morgan fingerprint density at radius 1 is 0.939 bits per heavy atom. The number of benzene rings is 3. The highest BCUT2D eigenvalue weighted by Crippen LogP contribution is 2.18. The van der Waals surface area contributed by atoms with E-state index < -0.39 is 0 Å². The number of hydrogen-bond acceptors (Lipinski definition) is 3. The van der Waals surface area contributed by atoms with Crippen molar-refractivity contribution in [1.29, 1.82) is 0 Å². The highest BCUT2D eigenvalue weighted by molar-refractivity contribution is 5.78. The second kappa shape index (κ2) is 11.3. The van der Waals surface area contributed by atoms with Gasteiger partial charge in [0, 0.05) is 19.5 Å². The number of hydrogen-bond donors (Lipinski definition) is 1. The Hall–Kier alpha value is -3.60. The normalized spacial score (nSPS) is 10.9. The highest BCUT2D eigenvalue weighted by Gasteiger charge is 2.11. The number of aryl methyl sites for hydroxylation is 2. The van der Waals surface area contributed by atoms with Crippen LogP contribution in [0.4, 0.5) is 0 Å². The first-order valence-electron chi connectivity index (χ1n) is 11.6. The number of rotatable bonds is 11. The summed E-state index contributed by atoms with van der Waals surface area (Å²) in [6.45, 7) is 4.22. The summed E-state index contributed by atoms with van der Waals surface area (Å²) in [5, 5.41) is 3.04. The van der Waals surface area contributed by atoms with Crippen molar-refractivity contribution in [3.05, 3.63) is 95.8 Å². The third kappa shape index (κ3) is 6.45. The molecule has 4 aromatic rings. The van der Waals surface area contributed by atoms with Crippen molar-refractivity contribution >= 4 is 16.9 Å². The molecular formula is C28H31N3O2. The van der Waals surface area contributed by atoms with Crippen molar-refractivity contribution in [2.75, 3.05) is 13.2 Å².